The molecule has 370 valence electrons. The van der Waals surface area contributed by atoms with Gasteiger partial charge in [0.1, 0.15) is 11.9 Å². The van der Waals surface area contributed by atoms with Crippen molar-refractivity contribution in [3.05, 3.63) is 69.6 Å². The van der Waals surface area contributed by atoms with Crippen LogP contribution in [0.5, 0.6) is 0 Å². The molecule has 0 radical (unpaired) electrons. The molecule has 2 saturated heterocycles. The summed E-state index contributed by atoms with van der Waals surface area (Å²) in [7, 11) is 0. The quantitative estimate of drug-likeness (QED) is 0.145. The summed E-state index contributed by atoms with van der Waals surface area (Å²) in [5.41, 5.74) is 8.71. The van der Waals surface area contributed by atoms with Crippen LogP contribution in [0.25, 0.3) is 11.0 Å². The number of rotatable bonds is 9. The number of hydrogen-bond donors (Lipinski definition) is 3. The molecule has 12 rings (SSSR count). The zero-order chi connectivity index (χ0) is 48.0. The molecular formula is C61H80N2O6. The van der Waals surface area contributed by atoms with Gasteiger partial charge in [-0.15, -0.1) is 0 Å². The monoisotopic (exact) mass is 937 g/mol. The maximum Gasteiger partial charge on any atom is 0.160 e. The number of allylic oxidation sites excluding steroid dienone is 1. The van der Waals surface area contributed by atoms with Crippen LogP contribution in [-0.2, 0) is 38.4 Å². The molecule has 8 heteroatoms. The van der Waals surface area contributed by atoms with Gasteiger partial charge >= 0.3 is 0 Å². The zero-order valence-corrected chi connectivity index (χ0v) is 42.9. The van der Waals surface area contributed by atoms with Gasteiger partial charge in [0.2, 0.25) is 0 Å². The third kappa shape index (κ3) is 6.88. The van der Waals surface area contributed by atoms with Crippen LogP contribution in [0.15, 0.2) is 41.6 Å². The summed E-state index contributed by atoms with van der Waals surface area (Å²) in [6.07, 6.45) is 16.5. The van der Waals surface area contributed by atoms with E-state index >= 15 is 9.59 Å². The second kappa shape index (κ2) is 16.5. The van der Waals surface area contributed by atoms with Crippen molar-refractivity contribution in [1.82, 2.24) is 9.55 Å². The van der Waals surface area contributed by atoms with Crippen LogP contribution in [0.1, 0.15) is 185 Å². The first-order chi connectivity index (χ1) is 33.0. The number of carbonyl (C=O) groups is 2. The predicted octanol–water partition coefficient (Wildman–Crippen LogP) is 11.3. The summed E-state index contributed by atoms with van der Waals surface area (Å²) < 4.78 is 14.3. The molecule has 3 aliphatic heterocycles. The predicted molar refractivity (Wildman–Crippen MR) is 270 cm³/mol. The van der Waals surface area contributed by atoms with Crippen LogP contribution in [0.3, 0.4) is 0 Å². The van der Waals surface area contributed by atoms with Crippen LogP contribution in [-0.4, -0.2) is 68.5 Å². The Hall–Kier alpha value is -3.48. The third-order valence-electron chi connectivity index (χ3n) is 22.1. The lowest BCUT2D eigenvalue weighted by molar-refractivity contribution is -0.236. The van der Waals surface area contributed by atoms with E-state index in [0.29, 0.717) is 55.8 Å². The number of ether oxygens (including phenoxy) is 2. The molecule has 1 aromatic carbocycles. The number of aromatic amines is 1. The number of epoxide rings is 1. The average Bonchev–Trinajstić information content (AvgIpc) is 4.05. The number of aliphatic hydroxyl groups is 2. The fourth-order valence-electron chi connectivity index (χ4n) is 18.5. The molecule has 12 atom stereocenters. The van der Waals surface area contributed by atoms with Crippen molar-refractivity contribution in [2.45, 2.75) is 200 Å². The molecule has 7 fully saturated rings. The molecule has 0 amide bonds. The first kappa shape index (κ1) is 46.6. The largest absolute Gasteiger partial charge is 0.392 e. The molecule has 2 bridgehead atoms. The van der Waals surface area contributed by atoms with Crippen molar-refractivity contribution < 1.29 is 29.3 Å². The second-order valence-corrected chi connectivity index (χ2v) is 25.8. The third-order valence-corrected chi connectivity index (χ3v) is 22.1. The molecule has 6 aliphatic carbocycles. The Morgan fingerprint density at radius 3 is 2.29 bits per heavy atom. The number of nitrogens with zero attached hydrogens (tertiary/aromatic N) is 1. The normalized spacial score (nSPS) is 38.7. The van der Waals surface area contributed by atoms with Crippen molar-refractivity contribution in [2.24, 2.45) is 57.2 Å². The van der Waals surface area contributed by atoms with Crippen molar-refractivity contribution in [1.29, 1.82) is 0 Å². The molecule has 5 heterocycles. The van der Waals surface area contributed by atoms with Crippen molar-refractivity contribution in [3.63, 3.8) is 0 Å². The minimum absolute atomic E-state index is 0.0902. The van der Waals surface area contributed by atoms with E-state index in [1.807, 2.05) is 13.8 Å². The minimum atomic E-state index is -0.768. The highest BCUT2D eigenvalue weighted by Crippen LogP contribution is 2.77. The molecule has 0 spiro atoms. The smallest absolute Gasteiger partial charge is 0.160 e. The highest BCUT2D eigenvalue weighted by Gasteiger charge is 2.75. The number of H-pyrrole nitrogens is 1. The Bertz CT molecular complexity index is 2660. The van der Waals surface area contributed by atoms with Crippen LogP contribution < -0.4 is 0 Å². The summed E-state index contributed by atoms with van der Waals surface area (Å²) >= 11 is 0. The molecule has 5 saturated carbocycles. The number of hydrogen-bond acceptors (Lipinski definition) is 6. The van der Waals surface area contributed by atoms with Crippen LogP contribution in [0.4, 0.5) is 0 Å². The lowest BCUT2D eigenvalue weighted by Gasteiger charge is -2.71. The van der Waals surface area contributed by atoms with E-state index in [0.717, 1.165) is 80.3 Å². The Kier molecular flexibility index (Phi) is 11.2. The van der Waals surface area contributed by atoms with E-state index in [1.165, 1.54) is 66.5 Å². The summed E-state index contributed by atoms with van der Waals surface area (Å²) in [5, 5.41) is 25.6. The molecule has 2 aromatic heterocycles. The van der Waals surface area contributed by atoms with Gasteiger partial charge in [-0.25, -0.2) is 0 Å². The molecule has 12 unspecified atom stereocenters. The molecular weight excluding hydrogens is 857 g/mol. The summed E-state index contributed by atoms with van der Waals surface area (Å²) in [6, 6.07) is 9.75. The van der Waals surface area contributed by atoms with Crippen LogP contribution >= 0.6 is 0 Å². The highest BCUT2D eigenvalue weighted by atomic mass is 16.6. The number of carbonyl (C=O) groups excluding carboxylic acids is 2. The van der Waals surface area contributed by atoms with Crippen molar-refractivity contribution in [2.75, 3.05) is 13.2 Å². The van der Waals surface area contributed by atoms with Gasteiger partial charge < -0.3 is 29.2 Å². The first-order valence-electron chi connectivity index (χ1n) is 27.7. The first-order valence-corrected chi connectivity index (χ1v) is 27.7. The number of Topliss-reactive ketones (excluding diaryl/α,β-unsaturated/α-hetero) is 2. The van der Waals surface area contributed by atoms with Crippen molar-refractivity contribution in [3.8, 4) is 11.8 Å². The Morgan fingerprint density at radius 1 is 0.913 bits per heavy atom. The zero-order valence-electron chi connectivity index (χ0n) is 42.9. The second-order valence-electron chi connectivity index (χ2n) is 25.8. The van der Waals surface area contributed by atoms with Crippen LogP contribution in [0, 0.1) is 69.0 Å². The van der Waals surface area contributed by atoms with E-state index in [1.54, 1.807) is 0 Å². The molecule has 9 aliphatic rings. The van der Waals surface area contributed by atoms with E-state index in [9.17, 15) is 10.2 Å². The molecule has 8 nitrogen and oxygen atoms in total. The van der Waals surface area contributed by atoms with Gasteiger partial charge in [-0.1, -0.05) is 90.3 Å². The topological polar surface area (TPSA) is 117 Å². The number of benzene rings is 1. The lowest BCUT2D eigenvalue weighted by Crippen LogP contribution is -2.70. The maximum absolute atomic E-state index is 15.2. The van der Waals surface area contributed by atoms with Crippen molar-refractivity contribution >= 4 is 22.6 Å². The fraction of sp³-hybridized carbons (Fsp3) is 0.705. The number of ketones is 2. The maximum atomic E-state index is 15.2. The Balaban J connectivity index is 1.04. The number of nitrogens with one attached hydrogen (secondary N) is 1. The van der Waals surface area contributed by atoms with Crippen LogP contribution in [0.2, 0.25) is 0 Å². The SMILES string of the molecule is CC(CC(O)C1OC1(C)C)C1=C2C3Cn4c(c(Cc5cc(C6CCCC6)cc(C6CCOCC6)c5)c5[nH]ccc54)CC#CC4CC(=O)C(C)(C5CCCC5)C5CCC(C)(C(C3O)C45C)C2(C)CC1=O. The van der Waals surface area contributed by atoms with Gasteiger partial charge in [-0.3, -0.25) is 9.59 Å². The lowest BCUT2D eigenvalue weighted by atomic mass is 9.32. The Morgan fingerprint density at radius 2 is 1.59 bits per heavy atom. The average molecular weight is 937 g/mol. The summed E-state index contributed by atoms with van der Waals surface area (Å²) in [6.45, 7) is 17.9. The number of aliphatic hydroxyl groups excluding tert-OH is 2. The van der Waals surface area contributed by atoms with E-state index < -0.39 is 33.9 Å². The van der Waals surface area contributed by atoms with Gasteiger partial charge in [0.25, 0.3) is 0 Å². The minimum Gasteiger partial charge on any atom is -0.392 e. The van der Waals surface area contributed by atoms with E-state index in [4.69, 9.17) is 9.47 Å². The van der Waals surface area contributed by atoms with Gasteiger partial charge in [0.15, 0.2) is 5.78 Å². The Labute approximate surface area is 411 Å². The highest BCUT2D eigenvalue weighted by molar-refractivity contribution is 6.01. The number of fused-ring (bicyclic) bond motifs is 7. The summed E-state index contributed by atoms with van der Waals surface area (Å²) in [4.78, 5) is 34.0. The molecule has 69 heavy (non-hydrogen) atoms. The van der Waals surface area contributed by atoms with E-state index in [-0.39, 0.29) is 47.1 Å². The van der Waals surface area contributed by atoms with Gasteiger partial charge in [-0.2, -0.15) is 0 Å². The molecule has 3 N–H and O–H groups in total. The van der Waals surface area contributed by atoms with E-state index in [2.05, 4.69) is 86.5 Å². The van der Waals surface area contributed by atoms with Gasteiger partial charge in [0.05, 0.1) is 28.8 Å². The fourth-order valence-corrected chi connectivity index (χ4v) is 18.5. The summed E-state index contributed by atoms with van der Waals surface area (Å²) in [5.74, 6) is 8.94. The number of aromatic nitrogens is 2. The van der Waals surface area contributed by atoms with Gasteiger partial charge in [0, 0.05) is 85.6 Å². The standard InChI is InChI=1S/C61H80N2O6/c1-35(27-47(64)56-57(2,3)69-56)51-48(65)33-59(5)52(51)44-34-63-45(18-12-17-42-32-50(66)60(6,41-15-10-11-16-41)49-19-23-58(59,4)55(54(44)67)61(42,49)7)43(53-46(63)20-24-62-53)30-36-28-39(37-13-8-9-14-37)31-40(29-36)38-21-25-68-26-22-38/h20,24,28-29,31,35,37-38,41-42,44,47,49,54-56,62,64,67H,8-11,13-16,18-19,21-23,25-27,30,32-34H2,1-7H3. The van der Waals surface area contributed by atoms with Gasteiger partial charge in [-0.05, 0) is 152 Å². The molecule has 3 aromatic rings.